The van der Waals surface area contributed by atoms with Crippen molar-refractivity contribution in [2.24, 2.45) is 5.73 Å². The van der Waals surface area contributed by atoms with E-state index in [1.54, 1.807) is 0 Å². The number of aryl methyl sites for hydroxylation is 1. The van der Waals surface area contributed by atoms with E-state index in [1.165, 1.54) is 5.56 Å². The Bertz CT molecular complexity index is 573. The van der Waals surface area contributed by atoms with Crippen molar-refractivity contribution in [1.29, 1.82) is 0 Å². The van der Waals surface area contributed by atoms with Crippen molar-refractivity contribution >= 4 is 0 Å². The van der Waals surface area contributed by atoms with Crippen molar-refractivity contribution < 1.29 is 9.26 Å². The van der Waals surface area contributed by atoms with Crippen LogP contribution in [0.3, 0.4) is 0 Å². The summed E-state index contributed by atoms with van der Waals surface area (Å²) in [7, 11) is 0. The fraction of sp³-hybridized carbons (Fsp3) is 0.500. The minimum absolute atomic E-state index is 0.117. The van der Waals surface area contributed by atoms with E-state index in [2.05, 4.69) is 41.3 Å². The van der Waals surface area contributed by atoms with Crippen LogP contribution >= 0.6 is 0 Å². The van der Waals surface area contributed by atoms with E-state index in [0.29, 0.717) is 24.7 Å². The molecule has 0 fully saturated rings. The van der Waals surface area contributed by atoms with Crippen LogP contribution in [0.5, 0.6) is 0 Å². The summed E-state index contributed by atoms with van der Waals surface area (Å²) in [4.78, 5) is 4.39. The lowest BCUT2D eigenvalue weighted by molar-refractivity contribution is 0.0410. The van der Waals surface area contributed by atoms with E-state index in [9.17, 15) is 0 Å². The van der Waals surface area contributed by atoms with Gasteiger partial charge in [-0.05, 0) is 33.3 Å². The first-order valence-electron chi connectivity index (χ1n) is 7.16. The Hall–Kier alpha value is -1.72. The van der Waals surface area contributed by atoms with Crippen molar-refractivity contribution in [3.8, 4) is 0 Å². The molecule has 0 radical (unpaired) electrons. The average molecular weight is 289 g/mol. The van der Waals surface area contributed by atoms with Crippen LogP contribution in [0.2, 0.25) is 0 Å². The molecule has 1 aromatic heterocycles. The zero-order chi connectivity index (χ0) is 15.5. The molecule has 0 aliphatic heterocycles. The molecule has 1 unspecified atom stereocenters. The predicted molar refractivity (Wildman–Crippen MR) is 80.9 cm³/mol. The van der Waals surface area contributed by atoms with E-state index < -0.39 is 5.54 Å². The molecule has 0 aliphatic carbocycles. The van der Waals surface area contributed by atoms with Gasteiger partial charge in [-0.3, -0.25) is 0 Å². The molecule has 1 atom stereocenters. The van der Waals surface area contributed by atoms with Crippen molar-refractivity contribution in [2.45, 2.75) is 45.8 Å². The normalized spacial score (nSPS) is 14.4. The maximum Gasteiger partial charge on any atom is 0.231 e. The molecule has 0 saturated heterocycles. The predicted octanol–water partition coefficient (Wildman–Crippen LogP) is 2.57. The Labute approximate surface area is 125 Å². The zero-order valence-electron chi connectivity index (χ0n) is 13.1. The van der Waals surface area contributed by atoms with Gasteiger partial charge in [0.05, 0.1) is 19.1 Å². The van der Waals surface area contributed by atoms with E-state index in [1.807, 2.05) is 20.8 Å². The second-order valence-electron chi connectivity index (χ2n) is 5.95. The van der Waals surface area contributed by atoms with Gasteiger partial charge in [-0.2, -0.15) is 4.98 Å². The number of benzene rings is 1. The van der Waals surface area contributed by atoms with E-state index in [0.717, 1.165) is 5.56 Å². The number of nitrogens with zero attached hydrogens (tertiary/aromatic N) is 2. The van der Waals surface area contributed by atoms with Gasteiger partial charge in [-0.1, -0.05) is 35.0 Å². The van der Waals surface area contributed by atoms with Crippen LogP contribution in [0.15, 0.2) is 28.8 Å². The number of hydrogen-bond donors (Lipinski definition) is 1. The Kier molecular flexibility index (Phi) is 4.75. The van der Waals surface area contributed by atoms with Crippen LogP contribution in [-0.2, 0) is 16.7 Å². The Balaban J connectivity index is 2.05. The van der Waals surface area contributed by atoms with Crippen molar-refractivity contribution in [3.05, 3.63) is 47.1 Å². The molecule has 2 N–H and O–H groups in total. The van der Waals surface area contributed by atoms with Crippen LogP contribution < -0.4 is 5.73 Å². The SMILES string of the molecule is Cc1ccc(Cc2nc(C(C)(N)COC(C)C)no2)cc1. The van der Waals surface area contributed by atoms with Gasteiger partial charge < -0.3 is 15.0 Å². The molecular weight excluding hydrogens is 266 g/mol. The lowest BCUT2D eigenvalue weighted by Crippen LogP contribution is -2.40. The highest BCUT2D eigenvalue weighted by molar-refractivity contribution is 5.23. The van der Waals surface area contributed by atoms with Gasteiger partial charge in [0.2, 0.25) is 5.89 Å². The summed E-state index contributed by atoms with van der Waals surface area (Å²) in [6.07, 6.45) is 0.723. The van der Waals surface area contributed by atoms with Crippen molar-refractivity contribution in [3.63, 3.8) is 0 Å². The van der Waals surface area contributed by atoms with E-state index >= 15 is 0 Å². The fourth-order valence-corrected chi connectivity index (χ4v) is 1.84. The molecule has 0 bridgehead atoms. The van der Waals surface area contributed by atoms with Gasteiger partial charge in [0.25, 0.3) is 0 Å². The quantitative estimate of drug-likeness (QED) is 0.884. The van der Waals surface area contributed by atoms with Crippen LogP contribution in [0.4, 0.5) is 0 Å². The van der Waals surface area contributed by atoms with Gasteiger partial charge in [-0.15, -0.1) is 0 Å². The minimum Gasteiger partial charge on any atom is -0.376 e. The molecule has 1 aromatic carbocycles. The third-order valence-corrected chi connectivity index (χ3v) is 3.17. The summed E-state index contributed by atoms with van der Waals surface area (Å²) < 4.78 is 10.9. The monoisotopic (exact) mass is 289 g/mol. The molecule has 21 heavy (non-hydrogen) atoms. The second kappa shape index (κ2) is 6.37. The molecule has 0 amide bonds. The van der Waals surface area contributed by atoms with Crippen LogP contribution in [0, 0.1) is 6.92 Å². The molecule has 5 nitrogen and oxygen atoms in total. The molecule has 0 saturated carbocycles. The molecular formula is C16H23N3O2. The third-order valence-electron chi connectivity index (χ3n) is 3.17. The van der Waals surface area contributed by atoms with Gasteiger partial charge in [0, 0.05) is 0 Å². The van der Waals surface area contributed by atoms with Gasteiger partial charge >= 0.3 is 0 Å². The number of hydrogen-bond acceptors (Lipinski definition) is 5. The highest BCUT2D eigenvalue weighted by Gasteiger charge is 2.28. The topological polar surface area (TPSA) is 74.2 Å². The summed E-state index contributed by atoms with van der Waals surface area (Å²) in [6, 6.07) is 8.25. The van der Waals surface area contributed by atoms with Gasteiger partial charge in [-0.25, -0.2) is 0 Å². The third kappa shape index (κ3) is 4.37. The van der Waals surface area contributed by atoms with E-state index in [-0.39, 0.29) is 6.10 Å². The summed E-state index contributed by atoms with van der Waals surface area (Å²) in [5.74, 6) is 1.04. The molecule has 1 heterocycles. The number of rotatable bonds is 6. The van der Waals surface area contributed by atoms with Crippen molar-refractivity contribution in [1.82, 2.24) is 10.1 Å². The minimum atomic E-state index is -0.751. The number of ether oxygens (including phenoxy) is 1. The number of nitrogens with two attached hydrogens (primary N) is 1. The first-order chi connectivity index (χ1) is 9.87. The molecule has 114 valence electrons. The largest absolute Gasteiger partial charge is 0.376 e. The van der Waals surface area contributed by atoms with E-state index in [4.69, 9.17) is 15.0 Å². The lowest BCUT2D eigenvalue weighted by Gasteiger charge is -2.21. The maximum atomic E-state index is 6.20. The zero-order valence-corrected chi connectivity index (χ0v) is 13.1. The first kappa shape index (κ1) is 15.7. The molecule has 0 aliphatic rings. The number of aromatic nitrogens is 2. The maximum absolute atomic E-state index is 6.20. The highest BCUT2D eigenvalue weighted by Crippen LogP contribution is 2.17. The summed E-state index contributed by atoms with van der Waals surface area (Å²) >= 11 is 0. The Morgan fingerprint density at radius 2 is 1.95 bits per heavy atom. The van der Waals surface area contributed by atoms with Crippen LogP contribution in [0.1, 0.15) is 43.6 Å². The van der Waals surface area contributed by atoms with Crippen LogP contribution in [-0.4, -0.2) is 22.9 Å². The molecule has 2 aromatic rings. The Morgan fingerprint density at radius 3 is 2.57 bits per heavy atom. The smallest absolute Gasteiger partial charge is 0.231 e. The lowest BCUT2D eigenvalue weighted by atomic mass is 10.1. The van der Waals surface area contributed by atoms with Gasteiger partial charge in [0.1, 0.15) is 5.54 Å². The second-order valence-corrected chi connectivity index (χ2v) is 5.95. The van der Waals surface area contributed by atoms with Crippen LogP contribution in [0.25, 0.3) is 0 Å². The fourth-order valence-electron chi connectivity index (χ4n) is 1.84. The molecule has 0 spiro atoms. The van der Waals surface area contributed by atoms with Gasteiger partial charge in [0.15, 0.2) is 5.82 Å². The molecule has 2 rings (SSSR count). The molecule has 5 heteroatoms. The first-order valence-corrected chi connectivity index (χ1v) is 7.16. The summed E-state index contributed by atoms with van der Waals surface area (Å²) in [6.45, 7) is 8.19. The average Bonchev–Trinajstić information content (AvgIpc) is 2.89. The van der Waals surface area contributed by atoms with Crippen molar-refractivity contribution in [2.75, 3.05) is 6.61 Å². The highest BCUT2D eigenvalue weighted by atomic mass is 16.5. The Morgan fingerprint density at radius 1 is 1.29 bits per heavy atom. The summed E-state index contributed by atoms with van der Waals surface area (Å²) in [5, 5.41) is 3.99. The summed E-state index contributed by atoms with van der Waals surface area (Å²) in [5.41, 5.74) is 7.81. The standard InChI is InChI=1S/C16H23N3O2/c1-11(2)20-10-16(4,17)15-18-14(21-19-15)9-13-7-5-12(3)6-8-13/h5-8,11H,9-10,17H2,1-4H3.